The predicted octanol–water partition coefficient (Wildman–Crippen LogP) is 3.52. The van der Waals surface area contributed by atoms with E-state index in [0.29, 0.717) is 23.5 Å². The third kappa shape index (κ3) is 6.26. The first-order valence-corrected chi connectivity index (χ1v) is 12.6. The molecule has 0 radical (unpaired) electrons. The normalized spacial score (nSPS) is 11.7. The number of nitrogen functional groups attached to an aromatic ring is 2. The van der Waals surface area contributed by atoms with Crippen LogP contribution in [0.1, 0.15) is 47.6 Å². The lowest BCUT2D eigenvalue weighted by molar-refractivity contribution is 0.402. The number of amidine groups is 2. The Balaban J connectivity index is 1.98. The second-order valence-corrected chi connectivity index (χ2v) is 10.6. The third-order valence-electron chi connectivity index (χ3n) is 5.78. The van der Waals surface area contributed by atoms with Crippen LogP contribution in [-0.2, 0) is 23.0 Å². The monoisotopic (exact) mass is 493 g/mol. The van der Waals surface area contributed by atoms with E-state index in [2.05, 4.69) is 13.8 Å². The Morgan fingerprint density at radius 1 is 0.914 bits per heavy atom. The highest BCUT2D eigenvalue weighted by molar-refractivity contribution is 7.89. The van der Waals surface area contributed by atoms with Crippen LogP contribution in [0, 0.1) is 10.8 Å². The van der Waals surface area contributed by atoms with Crippen LogP contribution in [0.15, 0.2) is 71.6 Å². The number of phenols is 1. The Hall–Kier alpha value is -3.69. The average Bonchev–Trinajstić information content (AvgIpc) is 2.82. The van der Waals surface area contributed by atoms with E-state index in [0.717, 1.165) is 5.56 Å². The Morgan fingerprint density at radius 2 is 1.54 bits per heavy atom. The second-order valence-electron chi connectivity index (χ2n) is 8.70. The zero-order valence-corrected chi connectivity index (χ0v) is 20.6. The van der Waals surface area contributed by atoms with Crippen LogP contribution in [-0.4, -0.2) is 36.0 Å². The quantitative estimate of drug-likeness (QED) is 0.216. The molecule has 0 aromatic heterocycles. The molecule has 0 saturated carbocycles. The van der Waals surface area contributed by atoms with Gasteiger partial charge in [-0.1, -0.05) is 56.3 Å². The number of sulfonamides is 1. The minimum Gasteiger partial charge on any atom is -0.507 e. The number of phenolic OH excluding ortho intramolecular Hbond substituents is 1. The zero-order chi connectivity index (χ0) is 25.8. The maximum absolute atomic E-state index is 13.7. The van der Waals surface area contributed by atoms with Crippen molar-refractivity contribution in [2.75, 3.05) is 6.54 Å². The number of nitrogens with zero attached hydrogens (tertiary/aromatic N) is 1. The first-order valence-electron chi connectivity index (χ1n) is 11.2. The Labute approximate surface area is 206 Å². The molecule has 0 amide bonds. The van der Waals surface area contributed by atoms with Gasteiger partial charge in [0.2, 0.25) is 10.0 Å². The SMILES string of the molecule is CC(C)c1ccc(CCN(Cc2cccc(C(=N)N)c2)S(=O)(=O)c2cc(C(=N)N)ccc2O)cc1. The molecule has 35 heavy (non-hydrogen) atoms. The summed E-state index contributed by atoms with van der Waals surface area (Å²) in [4.78, 5) is -0.317. The number of nitrogens with two attached hydrogens (primary N) is 2. The van der Waals surface area contributed by atoms with Gasteiger partial charge in [0.1, 0.15) is 22.3 Å². The van der Waals surface area contributed by atoms with Crippen molar-refractivity contribution in [1.82, 2.24) is 4.31 Å². The smallest absolute Gasteiger partial charge is 0.247 e. The van der Waals surface area contributed by atoms with Crippen LogP contribution in [0.2, 0.25) is 0 Å². The lowest BCUT2D eigenvalue weighted by Gasteiger charge is -2.23. The Kier molecular flexibility index (Phi) is 7.93. The second kappa shape index (κ2) is 10.7. The fraction of sp³-hybridized carbons (Fsp3) is 0.231. The molecule has 3 aromatic rings. The van der Waals surface area contributed by atoms with E-state index in [1.165, 1.54) is 28.1 Å². The average molecular weight is 494 g/mol. The molecule has 0 heterocycles. The van der Waals surface area contributed by atoms with Gasteiger partial charge in [-0.3, -0.25) is 10.8 Å². The topological polar surface area (TPSA) is 157 Å². The molecule has 7 N–H and O–H groups in total. The highest BCUT2D eigenvalue weighted by Gasteiger charge is 2.28. The molecule has 0 aliphatic heterocycles. The van der Waals surface area contributed by atoms with Gasteiger partial charge in [0, 0.05) is 24.2 Å². The van der Waals surface area contributed by atoms with E-state index in [-0.39, 0.29) is 35.2 Å². The Morgan fingerprint density at radius 3 is 2.14 bits per heavy atom. The number of nitrogens with one attached hydrogen (secondary N) is 2. The highest BCUT2D eigenvalue weighted by atomic mass is 32.2. The highest BCUT2D eigenvalue weighted by Crippen LogP contribution is 2.28. The maximum Gasteiger partial charge on any atom is 0.247 e. The molecule has 0 unspecified atom stereocenters. The molecule has 0 fully saturated rings. The van der Waals surface area contributed by atoms with Crippen LogP contribution in [0.3, 0.4) is 0 Å². The summed E-state index contributed by atoms with van der Waals surface area (Å²) in [5, 5.41) is 25.7. The molecule has 9 heteroatoms. The van der Waals surface area contributed by atoms with Crippen LogP contribution in [0.25, 0.3) is 0 Å². The summed E-state index contributed by atoms with van der Waals surface area (Å²) in [5.41, 5.74) is 14.7. The first-order chi connectivity index (χ1) is 16.5. The van der Waals surface area contributed by atoms with Crippen LogP contribution >= 0.6 is 0 Å². The predicted molar refractivity (Wildman–Crippen MR) is 138 cm³/mol. The number of aromatic hydroxyl groups is 1. The van der Waals surface area contributed by atoms with Crippen molar-refractivity contribution in [2.24, 2.45) is 11.5 Å². The van der Waals surface area contributed by atoms with Gasteiger partial charge in [-0.05, 0) is 53.3 Å². The van der Waals surface area contributed by atoms with Gasteiger partial charge < -0.3 is 16.6 Å². The fourth-order valence-electron chi connectivity index (χ4n) is 3.68. The van der Waals surface area contributed by atoms with E-state index < -0.39 is 15.8 Å². The van der Waals surface area contributed by atoms with Crippen molar-refractivity contribution in [3.63, 3.8) is 0 Å². The van der Waals surface area contributed by atoms with Crippen LogP contribution < -0.4 is 11.5 Å². The van der Waals surface area contributed by atoms with Crippen LogP contribution in [0.4, 0.5) is 0 Å². The number of benzene rings is 3. The maximum atomic E-state index is 13.7. The van der Waals surface area contributed by atoms with Crippen molar-refractivity contribution >= 4 is 21.7 Å². The first kappa shape index (κ1) is 25.9. The standard InChI is InChI=1S/C26H31N5O3S/c1-17(2)20-8-6-18(7-9-20)12-13-31(16-19-4-3-5-21(14-19)25(27)28)35(33,34)24-15-22(26(29)30)10-11-23(24)32/h3-11,14-15,17,32H,12-13,16H2,1-2H3,(H3,27,28)(H3,29,30). The van der Waals surface area contributed by atoms with Gasteiger partial charge in [-0.25, -0.2) is 8.42 Å². The summed E-state index contributed by atoms with van der Waals surface area (Å²) < 4.78 is 28.7. The Bertz CT molecular complexity index is 1340. The third-order valence-corrected chi connectivity index (χ3v) is 7.66. The number of hydrogen-bond donors (Lipinski definition) is 5. The van der Waals surface area contributed by atoms with Gasteiger partial charge in [-0.15, -0.1) is 0 Å². The lowest BCUT2D eigenvalue weighted by atomic mass is 10.0. The molecule has 8 nitrogen and oxygen atoms in total. The molecule has 184 valence electrons. The van der Waals surface area contributed by atoms with Gasteiger partial charge in [0.05, 0.1) is 0 Å². The van der Waals surface area contributed by atoms with E-state index in [9.17, 15) is 13.5 Å². The summed E-state index contributed by atoms with van der Waals surface area (Å²) in [6.07, 6.45) is 0.456. The van der Waals surface area contributed by atoms with Crippen molar-refractivity contribution in [2.45, 2.75) is 37.6 Å². The summed E-state index contributed by atoms with van der Waals surface area (Å²) in [7, 11) is -4.16. The molecule has 3 rings (SSSR count). The van der Waals surface area contributed by atoms with Gasteiger partial charge in [0.25, 0.3) is 0 Å². The van der Waals surface area contributed by atoms with Crippen molar-refractivity contribution < 1.29 is 13.5 Å². The molecule has 0 spiro atoms. The largest absolute Gasteiger partial charge is 0.507 e. The minimum atomic E-state index is -4.16. The van der Waals surface area contributed by atoms with E-state index in [1.54, 1.807) is 24.3 Å². The molecule has 0 bridgehead atoms. The molecule has 3 aromatic carbocycles. The lowest BCUT2D eigenvalue weighted by Crippen LogP contribution is -2.33. The fourth-order valence-corrected chi connectivity index (χ4v) is 5.21. The van der Waals surface area contributed by atoms with Gasteiger partial charge in [-0.2, -0.15) is 4.31 Å². The zero-order valence-electron chi connectivity index (χ0n) is 19.8. The van der Waals surface area contributed by atoms with Crippen molar-refractivity contribution in [3.05, 3.63) is 94.5 Å². The number of rotatable bonds is 10. The summed E-state index contributed by atoms with van der Waals surface area (Å²) in [6, 6.07) is 18.7. The molecule has 0 atom stereocenters. The summed E-state index contributed by atoms with van der Waals surface area (Å²) in [6.45, 7) is 4.38. The molecule has 0 saturated heterocycles. The minimum absolute atomic E-state index is 0.0112. The van der Waals surface area contributed by atoms with Gasteiger partial charge >= 0.3 is 0 Å². The van der Waals surface area contributed by atoms with E-state index in [1.807, 2.05) is 24.3 Å². The molecular formula is C26H31N5O3S. The van der Waals surface area contributed by atoms with Crippen molar-refractivity contribution in [3.8, 4) is 5.75 Å². The molecule has 0 aliphatic carbocycles. The van der Waals surface area contributed by atoms with E-state index >= 15 is 0 Å². The van der Waals surface area contributed by atoms with Crippen LogP contribution in [0.5, 0.6) is 5.75 Å². The van der Waals surface area contributed by atoms with Crippen molar-refractivity contribution in [1.29, 1.82) is 10.8 Å². The van der Waals surface area contributed by atoms with E-state index in [4.69, 9.17) is 22.3 Å². The molecular weight excluding hydrogens is 462 g/mol. The summed E-state index contributed by atoms with van der Waals surface area (Å²) >= 11 is 0. The molecule has 0 aliphatic rings. The van der Waals surface area contributed by atoms with Gasteiger partial charge in [0.15, 0.2) is 0 Å². The number of hydrogen-bond acceptors (Lipinski definition) is 5. The summed E-state index contributed by atoms with van der Waals surface area (Å²) in [5.74, 6) is -0.435.